The van der Waals surface area contributed by atoms with Crippen LogP contribution in [0.1, 0.15) is 42.0 Å². The number of hydrogen-bond donors (Lipinski definition) is 1. The number of rotatable bonds is 3. The van der Waals surface area contributed by atoms with Gasteiger partial charge in [-0.25, -0.2) is 4.98 Å². The first kappa shape index (κ1) is 21.8. The van der Waals surface area contributed by atoms with Crippen LogP contribution < -0.4 is 5.32 Å². The van der Waals surface area contributed by atoms with Gasteiger partial charge in [-0.3, -0.25) is 4.79 Å². The minimum atomic E-state index is -0.122. The predicted octanol–water partition coefficient (Wildman–Crippen LogP) is 4.75. The van der Waals surface area contributed by atoms with E-state index in [4.69, 9.17) is 4.98 Å². The van der Waals surface area contributed by atoms with Gasteiger partial charge >= 0.3 is 0 Å². The van der Waals surface area contributed by atoms with Crippen LogP contribution in [0.4, 0.5) is 0 Å². The van der Waals surface area contributed by atoms with Crippen molar-refractivity contribution in [3.63, 3.8) is 0 Å². The molecule has 1 amide bonds. The summed E-state index contributed by atoms with van der Waals surface area (Å²) in [5.41, 5.74) is 6.22. The number of nitrogens with zero attached hydrogens (tertiary/aromatic N) is 3. The number of carbonyl (C=O) groups excluding carboxylic acids is 1. The van der Waals surface area contributed by atoms with E-state index in [-0.39, 0.29) is 5.91 Å². The number of fused-ring (bicyclic) bond motifs is 1. The van der Waals surface area contributed by atoms with Crippen LogP contribution in [0.25, 0.3) is 22.5 Å². The van der Waals surface area contributed by atoms with Crippen LogP contribution in [-0.4, -0.2) is 41.0 Å². The van der Waals surface area contributed by atoms with Crippen molar-refractivity contribution in [1.82, 2.24) is 19.8 Å². The van der Waals surface area contributed by atoms with Crippen molar-refractivity contribution >= 4 is 5.91 Å². The summed E-state index contributed by atoms with van der Waals surface area (Å²) in [5.74, 6) is 0.759. The Hall–Kier alpha value is -2.92. The van der Waals surface area contributed by atoms with Gasteiger partial charge in [0.15, 0.2) is 5.69 Å². The third kappa shape index (κ3) is 4.31. The van der Waals surface area contributed by atoms with Crippen LogP contribution in [0.2, 0.25) is 0 Å². The fourth-order valence-corrected chi connectivity index (χ4v) is 3.99. The molecule has 0 atom stereocenters. The molecule has 0 bridgehead atoms. The van der Waals surface area contributed by atoms with E-state index in [1.807, 2.05) is 19.9 Å². The molecule has 2 heterocycles. The lowest BCUT2D eigenvalue weighted by atomic mass is 9.98. The monoisotopic (exact) mass is 404 g/mol. The molecule has 0 saturated heterocycles. The molecule has 0 radical (unpaired) electrons. The second-order valence-electron chi connectivity index (χ2n) is 7.45. The highest BCUT2D eigenvalue weighted by Gasteiger charge is 2.25. The highest BCUT2D eigenvalue weighted by molar-refractivity contribution is 5.94. The molecule has 4 rings (SSSR count). The molecule has 0 saturated carbocycles. The van der Waals surface area contributed by atoms with Crippen molar-refractivity contribution in [1.29, 1.82) is 0 Å². The Morgan fingerprint density at radius 1 is 1.03 bits per heavy atom. The van der Waals surface area contributed by atoms with Crippen molar-refractivity contribution in [3.05, 3.63) is 65.5 Å². The second-order valence-corrected chi connectivity index (χ2v) is 7.45. The van der Waals surface area contributed by atoms with E-state index in [0.717, 1.165) is 43.1 Å². The summed E-state index contributed by atoms with van der Waals surface area (Å²) in [6.45, 7) is 8.75. The lowest BCUT2D eigenvalue weighted by Crippen LogP contribution is -2.23. The number of hydrogen-bond acceptors (Lipinski definition) is 3. The summed E-state index contributed by atoms with van der Waals surface area (Å²) in [5, 5.41) is 2.74. The van der Waals surface area contributed by atoms with Crippen LogP contribution in [0.5, 0.6) is 0 Å². The number of aryl methyl sites for hydroxylation is 1. The minimum absolute atomic E-state index is 0.122. The smallest absolute Gasteiger partial charge is 0.271 e. The summed E-state index contributed by atoms with van der Waals surface area (Å²) >= 11 is 0. The fourth-order valence-electron chi connectivity index (χ4n) is 3.99. The van der Waals surface area contributed by atoms with Gasteiger partial charge < -0.3 is 14.8 Å². The molecular formula is C25H32N4O. The Kier molecular flexibility index (Phi) is 7.06. The van der Waals surface area contributed by atoms with E-state index in [2.05, 4.69) is 71.2 Å². The van der Waals surface area contributed by atoms with E-state index >= 15 is 0 Å². The largest absolute Gasteiger partial charge is 0.354 e. The van der Waals surface area contributed by atoms with Gasteiger partial charge in [0.1, 0.15) is 5.82 Å². The highest BCUT2D eigenvalue weighted by atomic mass is 16.1. The minimum Gasteiger partial charge on any atom is -0.354 e. The highest BCUT2D eigenvalue weighted by Crippen LogP contribution is 2.30. The number of imidazole rings is 1. The van der Waals surface area contributed by atoms with Gasteiger partial charge in [-0.15, -0.1) is 0 Å². The zero-order chi connectivity index (χ0) is 21.7. The number of nitrogens with one attached hydrogen (secondary N) is 1. The summed E-state index contributed by atoms with van der Waals surface area (Å²) in [7, 11) is 3.75. The number of benzene rings is 2. The summed E-state index contributed by atoms with van der Waals surface area (Å²) < 4.78 is 2.23. The van der Waals surface area contributed by atoms with Gasteiger partial charge in [0.05, 0.1) is 5.69 Å². The van der Waals surface area contributed by atoms with E-state index in [9.17, 15) is 4.79 Å². The van der Waals surface area contributed by atoms with E-state index in [0.29, 0.717) is 5.69 Å². The topological polar surface area (TPSA) is 50.2 Å². The van der Waals surface area contributed by atoms with Gasteiger partial charge in [-0.1, -0.05) is 56.3 Å². The molecule has 5 nitrogen and oxygen atoms in total. The molecule has 1 aliphatic heterocycles. The van der Waals surface area contributed by atoms with E-state index in [1.165, 1.54) is 16.7 Å². The zero-order valence-electron chi connectivity index (χ0n) is 18.7. The van der Waals surface area contributed by atoms with Crippen LogP contribution in [0.15, 0.2) is 48.5 Å². The van der Waals surface area contributed by atoms with E-state index < -0.39 is 0 Å². The molecule has 158 valence electrons. The van der Waals surface area contributed by atoms with Crippen molar-refractivity contribution in [2.24, 2.45) is 0 Å². The molecular weight excluding hydrogens is 372 g/mol. The molecule has 2 aromatic carbocycles. The Balaban J connectivity index is 0.00000124. The first-order chi connectivity index (χ1) is 14.6. The zero-order valence-corrected chi connectivity index (χ0v) is 18.7. The summed E-state index contributed by atoms with van der Waals surface area (Å²) in [6.07, 6.45) is 1.04. The van der Waals surface area contributed by atoms with Gasteiger partial charge in [0, 0.05) is 25.7 Å². The average Bonchev–Trinajstić information content (AvgIpc) is 3.01. The normalized spacial score (nSPS) is 13.6. The Bertz CT molecular complexity index is 1010. The molecule has 0 fully saturated rings. The molecule has 1 N–H and O–H groups in total. The lowest BCUT2D eigenvalue weighted by molar-refractivity contribution is 0.0956. The van der Waals surface area contributed by atoms with Gasteiger partial charge in [-0.2, -0.15) is 0 Å². The van der Waals surface area contributed by atoms with E-state index in [1.54, 1.807) is 7.05 Å². The molecule has 1 aromatic heterocycles. The Morgan fingerprint density at radius 3 is 2.43 bits per heavy atom. The quantitative estimate of drug-likeness (QED) is 0.685. The molecule has 0 unspecified atom stereocenters. The first-order valence-electron chi connectivity index (χ1n) is 10.7. The third-order valence-electron chi connectivity index (χ3n) is 5.43. The second kappa shape index (κ2) is 9.72. The summed E-state index contributed by atoms with van der Waals surface area (Å²) in [6, 6.07) is 16.9. The van der Waals surface area contributed by atoms with Crippen LogP contribution >= 0.6 is 0 Å². The van der Waals surface area contributed by atoms with Crippen molar-refractivity contribution in [2.75, 3.05) is 20.6 Å². The first-order valence-corrected chi connectivity index (χ1v) is 10.7. The summed E-state index contributed by atoms with van der Waals surface area (Å²) in [4.78, 5) is 19.5. The number of amides is 1. The lowest BCUT2D eigenvalue weighted by Gasteiger charge is -2.13. The third-order valence-corrected chi connectivity index (χ3v) is 5.43. The Labute approximate surface area is 179 Å². The molecule has 3 aromatic rings. The van der Waals surface area contributed by atoms with Crippen LogP contribution in [-0.2, 0) is 13.1 Å². The van der Waals surface area contributed by atoms with Crippen molar-refractivity contribution < 1.29 is 4.79 Å². The SMILES string of the molecule is CC.CNC(=O)c1nc(-c2ccc(-c3ccccc3)c(C)c2)n2c1CN(C)CCC2. The van der Waals surface area contributed by atoms with Gasteiger partial charge in [0.2, 0.25) is 0 Å². The predicted molar refractivity (Wildman–Crippen MR) is 124 cm³/mol. The maximum Gasteiger partial charge on any atom is 0.271 e. The molecule has 5 heteroatoms. The maximum absolute atomic E-state index is 12.4. The van der Waals surface area contributed by atoms with Gasteiger partial charge in [0.25, 0.3) is 5.91 Å². The van der Waals surface area contributed by atoms with Gasteiger partial charge in [-0.05, 0) is 49.7 Å². The maximum atomic E-state index is 12.4. The van der Waals surface area contributed by atoms with Crippen LogP contribution in [0.3, 0.4) is 0 Å². The number of aromatic nitrogens is 2. The number of carbonyl (C=O) groups is 1. The molecule has 0 aliphatic carbocycles. The van der Waals surface area contributed by atoms with Crippen molar-refractivity contribution in [2.45, 2.75) is 40.3 Å². The van der Waals surface area contributed by atoms with Crippen molar-refractivity contribution in [3.8, 4) is 22.5 Å². The van der Waals surface area contributed by atoms with Crippen LogP contribution in [0, 0.1) is 6.92 Å². The standard InChI is InChI=1S/C23H26N4O.C2H6/c1-16-14-18(10-11-19(16)17-8-5-4-6-9-17)22-25-21(23(28)24-2)20-15-26(3)12-7-13-27(20)22;1-2/h4-6,8-11,14H,7,12-13,15H2,1-3H3,(H,24,28);1-2H3. The molecule has 1 aliphatic rings. The molecule has 0 spiro atoms. The molecule has 30 heavy (non-hydrogen) atoms. The average molecular weight is 405 g/mol. The fraction of sp³-hybridized carbons (Fsp3) is 0.360. The Morgan fingerprint density at radius 2 is 1.77 bits per heavy atom.